The zero-order chi connectivity index (χ0) is 18.4. The Morgan fingerprint density at radius 3 is 2.63 bits per heavy atom. The average molecular weight is 390 g/mol. The van der Waals surface area contributed by atoms with Crippen molar-refractivity contribution in [3.63, 3.8) is 0 Å². The maximum absolute atomic E-state index is 12.3. The van der Waals surface area contributed by atoms with Crippen molar-refractivity contribution in [1.29, 1.82) is 0 Å². The Hall–Kier alpha value is -2.03. The molecule has 1 aromatic heterocycles. The van der Waals surface area contributed by atoms with E-state index in [1.54, 1.807) is 16.2 Å². The Morgan fingerprint density at radius 2 is 1.96 bits per heavy atom. The molecular formula is C19H27N5O2S. The van der Waals surface area contributed by atoms with Crippen LogP contribution in [-0.4, -0.2) is 53.3 Å². The second-order valence-electron chi connectivity index (χ2n) is 7.72. The van der Waals surface area contributed by atoms with Crippen LogP contribution in [-0.2, 0) is 9.59 Å². The Labute approximate surface area is 163 Å². The molecule has 2 aliphatic heterocycles. The number of aromatic nitrogens is 1. The molecule has 5 N–H and O–H groups in total. The van der Waals surface area contributed by atoms with Crippen LogP contribution in [0.25, 0.3) is 10.2 Å². The van der Waals surface area contributed by atoms with Gasteiger partial charge in [-0.1, -0.05) is 13.0 Å². The van der Waals surface area contributed by atoms with Gasteiger partial charge in [0.25, 0.3) is 0 Å². The van der Waals surface area contributed by atoms with E-state index in [1.165, 1.54) is 9.71 Å². The number of amides is 2. The molecular weight excluding hydrogens is 362 g/mol. The number of likely N-dealkylation sites (tertiary alicyclic amines) is 2. The van der Waals surface area contributed by atoms with Crippen molar-refractivity contribution in [2.45, 2.75) is 31.7 Å². The van der Waals surface area contributed by atoms with E-state index in [0.717, 1.165) is 37.0 Å². The number of piperidine rings is 1. The number of carbonyl (C=O) groups is 2. The first-order chi connectivity index (χ1) is 12.4. The SMILES string of the molecule is C[C@H]1CC[C@H](c2ccc3sc(C4CN(C)C4)nc3c2)N(C(=O)C(N)=O)C1.N. The molecule has 146 valence electrons. The van der Waals surface area contributed by atoms with E-state index in [9.17, 15) is 9.59 Å². The molecule has 0 saturated carbocycles. The number of hydrogen-bond acceptors (Lipinski definition) is 6. The van der Waals surface area contributed by atoms with Crippen molar-refractivity contribution >= 4 is 33.4 Å². The molecule has 2 aliphatic rings. The summed E-state index contributed by atoms with van der Waals surface area (Å²) in [6, 6.07) is 6.15. The topological polar surface area (TPSA) is 115 Å². The molecule has 0 spiro atoms. The van der Waals surface area contributed by atoms with Crippen molar-refractivity contribution in [2.75, 3.05) is 26.7 Å². The predicted octanol–water partition coefficient (Wildman–Crippen LogP) is 2.27. The van der Waals surface area contributed by atoms with Crippen LogP contribution in [0.2, 0.25) is 0 Å². The van der Waals surface area contributed by atoms with Crippen LogP contribution in [0, 0.1) is 5.92 Å². The van der Waals surface area contributed by atoms with Gasteiger partial charge >= 0.3 is 11.8 Å². The van der Waals surface area contributed by atoms with Gasteiger partial charge in [-0.3, -0.25) is 9.59 Å². The number of primary amides is 1. The maximum atomic E-state index is 12.3. The Kier molecular flexibility index (Phi) is 5.50. The Morgan fingerprint density at radius 1 is 1.22 bits per heavy atom. The molecule has 0 radical (unpaired) electrons. The van der Waals surface area contributed by atoms with Gasteiger partial charge in [0.15, 0.2) is 0 Å². The van der Waals surface area contributed by atoms with E-state index < -0.39 is 11.8 Å². The maximum Gasteiger partial charge on any atom is 0.312 e. The van der Waals surface area contributed by atoms with E-state index in [-0.39, 0.29) is 12.2 Å². The fourth-order valence-corrected chi connectivity index (χ4v) is 5.09. The van der Waals surface area contributed by atoms with E-state index in [1.807, 2.05) is 0 Å². The molecule has 0 aliphatic carbocycles. The standard InChI is InChI=1S/C19H24N4O2S.H3N/c1-11-3-5-15(23(8-11)19(25)17(20)24)12-4-6-16-14(7-12)21-18(26-16)13-9-22(2)10-13;/h4,6-7,11,13,15H,3,5,8-10H2,1-2H3,(H2,20,24);1H3/t11-,15+;/m0./s1. The minimum Gasteiger partial charge on any atom is -0.361 e. The van der Waals surface area contributed by atoms with Crippen LogP contribution in [0.5, 0.6) is 0 Å². The summed E-state index contributed by atoms with van der Waals surface area (Å²) >= 11 is 1.76. The number of fused-ring (bicyclic) bond motifs is 1. The van der Waals surface area contributed by atoms with Crippen molar-refractivity contribution < 1.29 is 9.59 Å². The van der Waals surface area contributed by atoms with Crippen LogP contribution in [0.15, 0.2) is 18.2 Å². The summed E-state index contributed by atoms with van der Waals surface area (Å²) in [5.41, 5.74) is 7.30. The van der Waals surface area contributed by atoms with Crippen LogP contribution in [0.4, 0.5) is 0 Å². The summed E-state index contributed by atoms with van der Waals surface area (Å²) in [6.45, 7) is 4.80. The van der Waals surface area contributed by atoms with Crippen molar-refractivity contribution in [3.05, 3.63) is 28.8 Å². The number of carbonyl (C=O) groups excluding carboxylic acids is 2. The van der Waals surface area contributed by atoms with Gasteiger partial charge in [0, 0.05) is 25.6 Å². The number of likely N-dealkylation sites (N-methyl/N-ethyl adjacent to an activating group) is 1. The highest BCUT2D eigenvalue weighted by atomic mass is 32.1. The molecule has 2 aromatic rings. The Bertz CT molecular complexity index is 861. The fourth-order valence-electron chi connectivity index (χ4n) is 4.06. The third kappa shape index (κ3) is 3.69. The summed E-state index contributed by atoms with van der Waals surface area (Å²) in [4.78, 5) is 32.5. The number of nitrogens with zero attached hydrogens (tertiary/aromatic N) is 3. The molecule has 4 rings (SSSR count). The lowest BCUT2D eigenvalue weighted by Crippen LogP contribution is -2.46. The lowest BCUT2D eigenvalue weighted by molar-refractivity contribution is -0.147. The van der Waals surface area contributed by atoms with Crippen LogP contribution < -0.4 is 11.9 Å². The summed E-state index contributed by atoms with van der Waals surface area (Å²) in [5.74, 6) is -0.558. The van der Waals surface area contributed by atoms with E-state index >= 15 is 0 Å². The van der Waals surface area contributed by atoms with Crippen molar-refractivity contribution in [2.24, 2.45) is 11.7 Å². The van der Waals surface area contributed by atoms with Gasteiger partial charge in [-0.15, -0.1) is 11.3 Å². The zero-order valence-corrected chi connectivity index (χ0v) is 16.7. The number of hydrogen-bond donors (Lipinski definition) is 2. The summed E-state index contributed by atoms with van der Waals surface area (Å²) in [6.07, 6.45) is 1.87. The number of nitrogens with two attached hydrogens (primary N) is 1. The van der Waals surface area contributed by atoms with Gasteiger partial charge in [0.2, 0.25) is 0 Å². The van der Waals surface area contributed by atoms with Crippen molar-refractivity contribution in [1.82, 2.24) is 20.9 Å². The number of rotatable bonds is 2. The fraction of sp³-hybridized carbons (Fsp3) is 0.526. The molecule has 3 heterocycles. The zero-order valence-electron chi connectivity index (χ0n) is 15.9. The molecule has 2 saturated heterocycles. The largest absolute Gasteiger partial charge is 0.361 e. The van der Waals surface area contributed by atoms with Gasteiger partial charge in [-0.2, -0.15) is 0 Å². The molecule has 7 nitrogen and oxygen atoms in total. The average Bonchev–Trinajstić information content (AvgIpc) is 3.00. The third-order valence-corrected chi connectivity index (χ3v) is 6.71. The molecule has 27 heavy (non-hydrogen) atoms. The predicted molar refractivity (Wildman–Crippen MR) is 107 cm³/mol. The number of thiazole rings is 1. The first-order valence-electron chi connectivity index (χ1n) is 9.11. The second kappa shape index (κ2) is 7.53. The minimum atomic E-state index is -0.879. The molecule has 2 fully saturated rings. The van der Waals surface area contributed by atoms with E-state index in [4.69, 9.17) is 10.7 Å². The molecule has 2 atom stereocenters. The highest BCUT2D eigenvalue weighted by molar-refractivity contribution is 7.18. The Balaban J connectivity index is 0.00000210. The van der Waals surface area contributed by atoms with Gasteiger partial charge in [-0.25, -0.2) is 4.98 Å². The molecule has 0 unspecified atom stereocenters. The van der Waals surface area contributed by atoms with Gasteiger partial charge in [0.05, 0.1) is 21.3 Å². The van der Waals surface area contributed by atoms with Crippen LogP contribution in [0.1, 0.15) is 42.3 Å². The summed E-state index contributed by atoms with van der Waals surface area (Å²) < 4.78 is 1.18. The highest BCUT2D eigenvalue weighted by Gasteiger charge is 2.33. The van der Waals surface area contributed by atoms with Crippen LogP contribution in [0.3, 0.4) is 0 Å². The van der Waals surface area contributed by atoms with E-state index in [2.05, 4.69) is 37.1 Å². The van der Waals surface area contributed by atoms with Gasteiger partial charge < -0.3 is 21.7 Å². The first-order valence-corrected chi connectivity index (χ1v) is 9.93. The lowest BCUT2D eigenvalue weighted by Gasteiger charge is -2.38. The highest BCUT2D eigenvalue weighted by Crippen LogP contribution is 2.37. The smallest absolute Gasteiger partial charge is 0.312 e. The van der Waals surface area contributed by atoms with Gasteiger partial charge in [0.1, 0.15) is 0 Å². The lowest BCUT2D eigenvalue weighted by atomic mass is 9.89. The van der Waals surface area contributed by atoms with Gasteiger partial charge in [-0.05, 0) is 43.5 Å². The summed E-state index contributed by atoms with van der Waals surface area (Å²) in [7, 11) is 2.12. The summed E-state index contributed by atoms with van der Waals surface area (Å²) in [5, 5.41) is 1.19. The third-order valence-electron chi connectivity index (χ3n) is 5.52. The van der Waals surface area contributed by atoms with E-state index in [0.29, 0.717) is 18.4 Å². The minimum absolute atomic E-state index is 0. The molecule has 8 heteroatoms. The second-order valence-corrected chi connectivity index (χ2v) is 8.78. The first kappa shape index (κ1) is 19.7. The van der Waals surface area contributed by atoms with Crippen LogP contribution >= 0.6 is 11.3 Å². The molecule has 0 bridgehead atoms. The molecule has 2 amide bonds. The normalized spacial score (nSPS) is 23.7. The number of benzene rings is 1. The van der Waals surface area contributed by atoms with Crippen molar-refractivity contribution in [3.8, 4) is 0 Å². The quantitative estimate of drug-likeness (QED) is 0.765. The monoisotopic (exact) mass is 389 g/mol. The molecule has 1 aromatic carbocycles.